The Morgan fingerprint density at radius 3 is 2.53 bits per heavy atom. The first-order valence-electron chi connectivity index (χ1n) is 6.05. The van der Waals surface area contributed by atoms with Crippen LogP contribution in [0.2, 0.25) is 0 Å². The van der Waals surface area contributed by atoms with Crippen molar-refractivity contribution in [2.45, 2.75) is 31.7 Å². The predicted molar refractivity (Wildman–Crippen MR) is 72.1 cm³/mol. The smallest absolute Gasteiger partial charge is 0.123 e. The lowest BCUT2D eigenvalue weighted by Crippen LogP contribution is -2.01. The first-order chi connectivity index (χ1) is 8.24. The highest BCUT2D eigenvalue weighted by Crippen LogP contribution is 2.40. The van der Waals surface area contributed by atoms with Gasteiger partial charge in [0.25, 0.3) is 0 Å². The van der Waals surface area contributed by atoms with E-state index in [1.807, 2.05) is 13.1 Å². The molecule has 0 aliphatic heterocycles. The summed E-state index contributed by atoms with van der Waals surface area (Å²) in [5.74, 6) is 0.819. The van der Waals surface area contributed by atoms with E-state index in [1.165, 1.54) is 24.0 Å². The molecule has 2 N–H and O–H groups in total. The second kappa shape index (κ2) is 4.24. The molecule has 0 radical (unpaired) electrons. The standard InChI is InChI=1S/C14H16N2S/c1-9(15)13-8-16-14(17-13)12-6-4-11(5-7-12)10-2-3-10/h4-10H,2-3,15H2,1H3. The van der Waals surface area contributed by atoms with Gasteiger partial charge in [-0.15, -0.1) is 11.3 Å². The van der Waals surface area contributed by atoms with Crippen LogP contribution < -0.4 is 5.73 Å². The Morgan fingerprint density at radius 2 is 2.00 bits per heavy atom. The molecule has 0 spiro atoms. The highest BCUT2D eigenvalue weighted by molar-refractivity contribution is 7.15. The number of aromatic nitrogens is 1. The number of rotatable bonds is 3. The predicted octanol–water partition coefficient (Wildman–Crippen LogP) is 3.71. The molecule has 3 heteroatoms. The second-order valence-electron chi connectivity index (χ2n) is 4.75. The number of nitrogens with zero attached hydrogens (tertiary/aromatic N) is 1. The van der Waals surface area contributed by atoms with Crippen LogP contribution in [0.4, 0.5) is 0 Å². The summed E-state index contributed by atoms with van der Waals surface area (Å²) in [5.41, 5.74) is 8.52. The van der Waals surface area contributed by atoms with Gasteiger partial charge in [-0.1, -0.05) is 24.3 Å². The quantitative estimate of drug-likeness (QED) is 0.894. The molecule has 2 nitrogen and oxygen atoms in total. The zero-order valence-corrected chi connectivity index (χ0v) is 10.7. The van der Waals surface area contributed by atoms with Gasteiger partial charge in [0.05, 0.1) is 0 Å². The van der Waals surface area contributed by atoms with Crippen LogP contribution in [0.3, 0.4) is 0 Å². The summed E-state index contributed by atoms with van der Waals surface area (Å²) < 4.78 is 0. The Morgan fingerprint density at radius 1 is 1.29 bits per heavy atom. The molecule has 1 aliphatic carbocycles. The van der Waals surface area contributed by atoms with Crippen molar-refractivity contribution in [1.29, 1.82) is 0 Å². The molecule has 1 heterocycles. The van der Waals surface area contributed by atoms with Crippen LogP contribution in [0.15, 0.2) is 30.5 Å². The van der Waals surface area contributed by atoms with E-state index in [0.717, 1.165) is 15.8 Å². The summed E-state index contributed by atoms with van der Waals surface area (Å²) in [6.07, 6.45) is 4.59. The molecule has 1 fully saturated rings. The lowest BCUT2D eigenvalue weighted by Gasteiger charge is -2.00. The highest BCUT2D eigenvalue weighted by Gasteiger charge is 2.23. The van der Waals surface area contributed by atoms with Crippen molar-refractivity contribution in [3.05, 3.63) is 40.9 Å². The molecule has 17 heavy (non-hydrogen) atoms. The van der Waals surface area contributed by atoms with Gasteiger partial charge >= 0.3 is 0 Å². The topological polar surface area (TPSA) is 38.9 Å². The van der Waals surface area contributed by atoms with Gasteiger partial charge < -0.3 is 5.73 Å². The van der Waals surface area contributed by atoms with Gasteiger partial charge in [0.15, 0.2) is 0 Å². The fraction of sp³-hybridized carbons (Fsp3) is 0.357. The third-order valence-electron chi connectivity index (χ3n) is 3.18. The number of hydrogen-bond donors (Lipinski definition) is 1. The van der Waals surface area contributed by atoms with Gasteiger partial charge in [0.2, 0.25) is 0 Å². The summed E-state index contributed by atoms with van der Waals surface area (Å²) in [5, 5.41) is 1.07. The van der Waals surface area contributed by atoms with E-state index in [-0.39, 0.29) is 6.04 Å². The van der Waals surface area contributed by atoms with Crippen LogP contribution in [0, 0.1) is 0 Å². The molecule has 1 aliphatic rings. The van der Waals surface area contributed by atoms with Crippen LogP contribution in [0.5, 0.6) is 0 Å². The summed E-state index contributed by atoms with van der Waals surface area (Å²) >= 11 is 1.69. The molecule has 3 rings (SSSR count). The van der Waals surface area contributed by atoms with Gasteiger partial charge in [-0.25, -0.2) is 4.98 Å². The molecule has 1 aromatic carbocycles. The van der Waals surface area contributed by atoms with E-state index in [9.17, 15) is 0 Å². The Bertz CT molecular complexity index is 509. The molecule has 2 aromatic rings. The zero-order valence-electron chi connectivity index (χ0n) is 9.89. The SMILES string of the molecule is CC(N)c1cnc(-c2ccc(C3CC3)cc2)s1. The molecular formula is C14H16N2S. The maximum Gasteiger partial charge on any atom is 0.123 e. The van der Waals surface area contributed by atoms with Crippen molar-refractivity contribution in [1.82, 2.24) is 4.98 Å². The normalized spacial score (nSPS) is 17.1. The van der Waals surface area contributed by atoms with Crippen LogP contribution in [-0.4, -0.2) is 4.98 Å². The van der Waals surface area contributed by atoms with Crippen LogP contribution in [-0.2, 0) is 0 Å². The van der Waals surface area contributed by atoms with E-state index in [0.29, 0.717) is 0 Å². The number of thiazole rings is 1. The second-order valence-corrected chi connectivity index (χ2v) is 5.81. The Labute approximate surface area is 106 Å². The number of benzene rings is 1. The van der Waals surface area contributed by atoms with Crippen molar-refractivity contribution in [2.75, 3.05) is 0 Å². The van der Waals surface area contributed by atoms with Gasteiger partial charge in [0, 0.05) is 22.7 Å². The minimum atomic E-state index is 0.0759. The van der Waals surface area contributed by atoms with Gasteiger partial charge in [-0.3, -0.25) is 0 Å². The van der Waals surface area contributed by atoms with Crippen molar-refractivity contribution in [2.24, 2.45) is 5.73 Å². The Balaban J connectivity index is 1.86. The van der Waals surface area contributed by atoms with Gasteiger partial charge in [0.1, 0.15) is 5.01 Å². The van der Waals surface area contributed by atoms with Gasteiger partial charge in [-0.05, 0) is 31.2 Å². The molecule has 0 amide bonds. The molecule has 0 saturated heterocycles. The first-order valence-corrected chi connectivity index (χ1v) is 6.87. The minimum absolute atomic E-state index is 0.0759. The molecule has 0 bridgehead atoms. The fourth-order valence-electron chi connectivity index (χ4n) is 1.95. The molecule has 1 aromatic heterocycles. The monoisotopic (exact) mass is 244 g/mol. The average Bonchev–Trinajstić information content (AvgIpc) is 3.06. The van der Waals surface area contributed by atoms with Crippen LogP contribution >= 0.6 is 11.3 Å². The van der Waals surface area contributed by atoms with E-state index >= 15 is 0 Å². The first kappa shape index (κ1) is 10.9. The minimum Gasteiger partial charge on any atom is -0.323 e. The van der Waals surface area contributed by atoms with Crippen molar-refractivity contribution in [3.63, 3.8) is 0 Å². The van der Waals surface area contributed by atoms with Crippen molar-refractivity contribution in [3.8, 4) is 10.6 Å². The number of hydrogen-bond acceptors (Lipinski definition) is 3. The maximum absolute atomic E-state index is 5.85. The summed E-state index contributed by atoms with van der Waals surface area (Å²) in [6, 6.07) is 8.90. The van der Waals surface area contributed by atoms with E-state index in [4.69, 9.17) is 5.73 Å². The summed E-state index contributed by atoms with van der Waals surface area (Å²) in [4.78, 5) is 5.58. The third kappa shape index (κ3) is 2.26. The average molecular weight is 244 g/mol. The fourth-order valence-corrected chi connectivity index (χ4v) is 2.82. The van der Waals surface area contributed by atoms with Crippen LogP contribution in [0.1, 0.15) is 42.2 Å². The zero-order chi connectivity index (χ0) is 11.8. The van der Waals surface area contributed by atoms with E-state index in [2.05, 4.69) is 29.2 Å². The molecule has 1 unspecified atom stereocenters. The van der Waals surface area contributed by atoms with Crippen LogP contribution in [0.25, 0.3) is 10.6 Å². The number of nitrogens with two attached hydrogens (primary N) is 1. The molecule has 1 saturated carbocycles. The lowest BCUT2D eigenvalue weighted by molar-refractivity contribution is 0.835. The summed E-state index contributed by atoms with van der Waals surface area (Å²) in [7, 11) is 0. The Hall–Kier alpha value is -1.19. The highest BCUT2D eigenvalue weighted by atomic mass is 32.1. The molecular weight excluding hydrogens is 228 g/mol. The van der Waals surface area contributed by atoms with Crippen molar-refractivity contribution < 1.29 is 0 Å². The summed E-state index contributed by atoms with van der Waals surface area (Å²) in [6.45, 7) is 1.99. The van der Waals surface area contributed by atoms with E-state index in [1.54, 1.807) is 11.3 Å². The van der Waals surface area contributed by atoms with Gasteiger partial charge in [-0.2, -0.15) is 0 Å². The molecule has 88 valence electrons. The van der Waals surface area contributed by atoms with Crippen molar-refractivity contribution >= 4 is 11.3 Å². The Kier molecular flexibility index (Phi) is 2.73. The van der Waals surface area contributed by atoms with E-state index < -0.39 is 0 Å². The largest absolute Gasteiger partial charge is 0.323 e. The third-order valence-corrected chi connectivity index (χ3v) is 4.43. The molecule has 1 atom stereocenters. The lowest BCUT2D eigenvalue weighted by atomic mass is 10.1. The maximum atomic E-state index is 5.85.